The number of ether oxygens (including phenoxy) is 1. The molecule has 0 saturated carbocycles. The number of carbonyl (C=O) groups excluding carboxylic acids is 1. The Morgan fingerprint density at radius 2 is 2.29 bits per heavy atom. The topological polar surface area (TPSA) is 67.6 Å². The average molecular weight is 291 g/mol. The molecule has 1 aliphatic rings. The van der Waals surface area contributed by atoms with E-state index in [1.54, 1.807) is 0 Å². The number of hydrogen-bond donors (Lipinski definition) is 2. The maximum Gasteiger partial charge on any atom is 0.257 e. The first kappa shape index (κ1) is 15.8. The van der Waals surface area contributed by atoms with Gasteiger partial charge in [0.25, 0.3) is 5.91 Å². The summed E-state index contributed by atoms with van der Waals surface area (Å²) in [6, 6.07) is 7.54. The summed E-state index contributed by atoms with van der Waals surface area (Å²) in [5.74, 6) is 1.16. The van der Waals surface area contributed by atoms with Gasteiger partial charge >= 0.3 is 0 Å². The van der Waals surface area contributed by atoms with E-state index in [1.165, 1.54) is 12.8 Å². The number of piperidine rings is 1. The van der Waals surface area contributed by atoms with E-state index >= 15 is 0 Å². The second-order valence-electron chi connectivity index (χ2n) is 5.68. The Balaban J connectivity index is 1.72. The van der Waals surface area contributed by atoms with Crippen LogP contribution in [-0.4, -0.2) is 44.1 Å². The maximum absolute atomic E-state index is 11.9. The van der Waals surface area contributed by atoms with Crippen molar-refractivity contribution in [2.75, 3.05) is 33.3 Å². The minimum atomic E-state index is -0.0740. The second-order valence-corrected chi connectivity index (χ2v) is 5.68. The van der Waals surface area contributed by atoms with Crippen LogP contribution in [0.5, 0.6) is 5.75 Å². The number of carbonyl (C=O) groups is 1. The van der Waals surface area contributed by atoms with Crippen LogP contribution in [0.25, 0.3) is 0 Å². The van der Waals surface area contributed by atoms with Gasteiger partial charge in [0.05, 0.1) is 0 Å². The summed E-state index contributed by atoms with van der Waals surface area (Å²) in [5, 5.41) is 2.96. The number of hydrogen-bond acceptors (Lipinski definition) is 4. The molecule has 1 aromatic rings. The van der Waals surface area contributed by atoms with Gasteiger partial charge in [-0.3, -0.25) is 4.79 Å². The van der Waals surface area contributed by atoms with Gasteiger partial charge in [-0.15, -0.1) is 0 Å². The summed E-state index contributed by atoms with van der Waals surface area (Å²) in [5.41, 5.74) is 6.56. The van der Waals surface area contributed by atoms with Gasteiger partial charge in [-0.1, -0.05) is 18.2 Å². The molecule has 1 amide bonds. The molecule has 0 radical (unpaired) electrons. The first-order valence-electron chi connectivity index (χ1n) is 7.55. The SMILES string of the molecule is CN1CCCC(CNC(=O)COc2ccccc2CN)C1. The smallest absolute Gasteiger partial charge is 0.257 e. The first-order valence-corrected chi connectivity index (χ1v) is 7.55. The van der Waals surface area contributed by atoms with Crippen LogP contribution in [-0.2, 0) is 11.3 Å². The van der Waals surface area contributed by atoms with Crippen molar-refractivity contribution in [1.29, 1.82) is 0 Å². The highest BCUT2D eigenvalue weighted by Crippen LogP contribution is 2.17. The van der Waals surface area contributed by atoms with Gasteiger partial charge < -0.3 is 20.7 Å². The Morgan fingerprint density at radius 3 is 3.05 bits per heavy atom. The maximum atomic E-state index is 11.9. The minimum Gasteiger partial charge on any atom is -0.483 e. The summed E-state index contributed by atoms with van der Waals surface area (Å²) in [4.78, 5) is 14.2. The summed E-state index contributed by atoms with van der Waals surface area (Å²) in [6.07, 6.45) is 2.39. The average Bonchev–Trinajstić information content (AvgIpc) is 2.51. The highest BCUT2D eigenvalue weighted by Gasteiger charge is 2.17. The lowest BCUT2D eigenvalue weighted by Gasteiger charge is -2.29. The summed E-state index contributed by atoms with van der Waals surface area (Å²) < 4.78 is 5.55. The van der Waals surface area contributed by atoms with Crippen molar-refractivity contribution in [1.82, 2.24) is 10.2 Å². The molecule has 1 saturated heterocycles. The van der Waals surface area contributed by atoms with Gasteiger partial charge in [-0.25, -0.2) is 0 Å². The van der Waals surface area contributed by atoms with Crippen LogP contribution in [0, 0.1) is 5.92 Å². The van der Waals surface area contributed by atoms with Crippen molar-refractivity contribution in [3.05, 3.63) is 29.8 Å². The molecule has 0 aliphatic carbocycles. The van der Waals surface area contributed by atoms with E-state index in [4.69, 9.17) is 10.5 Å². The Kier molecular flexibility index (Phi) is 6.02. The van der Waals surface area contributed by atoms with Crippen LogP contribution in [0.15, 0.2) is 24.3 Å². The molecule has 1 aromatic carbocycles. The molecular formula is C16H25N3O2. The zero-order valence-corrected chi connectivity index (χ0v) is 12.7. The number of benzene rings is 1. The highest BCUT2D eigenvalue weighted by molar-refractivity contribution is 5.77. The van der Waals surface area contributed by atoms with Gasteiger partial charge in [0.2, 0.25) is 0 Å². The Morgan fingerprint density at radius 1 is 1.48 bits per heavy atom. The first-order chi connectivity index (χ1) is 10.2. The molecule has 0 aromatic heterocycles. The number of nitrogens with one attached hydrogen (secondary N) is 1. The van der Waals surface area contributed by atoms with Crippen molar-refractivity contribution in [2.45, 2.75) is 19.4 Å². The fourth-order valence-corrected chi connectivity index (χ4v) is 2.71. The largest absolute Gasteiger partial charge is 0.483 e. The van der Waals surface area contributed by atoms with Crippen LogP contribution in [0.1, 0.15) is 18.4 Å². The van der Waals surface area contributed by atoms with Crippen molar-refractivity contribution in [2.24, 2.45) is 11.7 Å². The van der Waals surface area contributed by atoms with Gasteiger partial charge in [0, 0.05) is 25.2 Å². The second kappa shape index (κ2) is 8.00. The van der Waals surface area contributed by atoms with Crippen LogP contribution in [0.4, 0.5) is 0 Å². The van der Waals surface area contributed by atoms with E-state index in [9.17, 15) is 4.79 Å². The molecule has 1 aliphatic heterocycles. The Labute approximate surface area is 126 Å². The van der Waals surface area contributed by atoms with E-state index in [0.717, 1.165) is 25.2 Å². The molecule has 2 rings (SSSR count). The number of para-hydroxylation sites is 1. The lowest BCUT2D eigenvalue weighted by atomic mass is 9.98. The summed E-state index contributed by atoms with van der Waals surface area (Å²) in [7, 11) is 2.13. The molecule has 21 heavy (non-hydrogen) atoms. The number of likely N-dealkylation sites (tertiary alicyclic amines) is 1. The standard InChI is InChI=1S/C16H25N3O2/c1-19-8-4-5-13(11-19)10-18-16(20)12-21-15-7-3-2-6-14(15)9-17/h2-3,6-7,13H,4-5,8-12,17H2,1H3,(H,18,20). The molecule has 1 unspecified atom stereocenters. The molecule has 1 fully saturated rings. The van der Waals surface area contributed by atoms with E-state index in [0.29, 0.717) is 18.2 Å². The van der Waals surface area contributed by atoms with Crippen LogP contribution in [0.2, 0.25) is 0 Å². The van der Waals surface area contributed by atoms with Crippen LogP contribution >= 0.6 is 0 Å². The van der Waals surface area contributed by atoms with Crippen molar-refractivity contribution >= 4 is 5.91 Å². The quantitative estimate of drug-likeness (QED) is 0.820. The number of nitrogens with zero attached hydrogens (tertiary/aromatic N) is 1. The van der Waals surface area contributed by atoms with Gasteiger partial charge in [-0.2, -0.15) is 0 Å². The number of nitrogens with two attached hydrogens (primary N) is 1. The lowest BCUT2D eigenvalue weighted by Crippen LogP contribution is -2.40. The van der Waals surface area contributed by atoms with Crippen LogP contribution in [0.3, 0.4) is 0 Å². The fourth-order valence-electron chi connectivity index (χ4n) is 2.71. The molecule has 3 N–H and O–H groups in total. The summed E-state index contributed by atoms with van der Waals surface area (Å²) in [6.45, 7) is 3.39. The third-order valence-electron chi connectivity index (χ3n) is 3.86. The zero-order valence-electron chi connectivity index (χ0n) is 12.7. The van der Waals surface area contributed by atoms with E-state index in [2.05, 4.69) is 17.3 Å². The highest BCUT2D eigenvalue weighted by atomic mass is 16.5. The molecular weight excluding hydrogens is 266 g/mol. The van der Waals surface area contributed by atoms with Crippen LogP contribution < -0.4 is 15.8 Å². The van der Waals surface area contributed by atoms with Gasteiger partial charge in [0.1, 0.15) is 5.75 Å². The third kappa shape index (κ3) is 5.02. The number of rotatable bonds is 6. The zero-order chi connectivity index (χ0) is 15.1. The van der Waals surface area contributed by atoms with E-state index < -0.39 is 0 Å². The Bertz CT molecular complexity index is 465. The number of amides is 1. The molecule has 0 bridgehead atoms. The van der Waals surface area contributed by atoms with E-state index in [-0.39, 0.29) is 12.5 Å². The van der Waals surface area contributed by atoms with Gasteiger partial charge in [0.15, 0.2) is 6.61 Å². The fraction of sp³-hybridized carbons (Fsp3) is 0.562. The van der Waals surface area contributed by atoms with E-state index in [1.807, 2.05) is 24.3 Å². The molecule has 0 spiro atoms. The molecule has 116 valence electrons. The lowest BCUT2D eigenvalue weighted by molar-refractivity contribution is -0.123. The molecule has 5 nitrogen and oxygen atoms in total. The van der Waals surface area contributed by atoms with Crippen molar-refractivity contribution in [3.8, 4) is 5.75 Å². The predicted octanol–water partition coefficient (Wildman–Crippen LogP) is 0.982. The normalized spacial score (nSPS) is 19.2. The summed E-state index contributed by atoms with van der Waals surface area (Å²) >= 11 is 0. The predicted molar refractivity (Wildman–Crippen MR) is 83.1 cm³/mol. The molecule has 5 heteroatoms. The monoisotopic (exact) mass is 291 g/mol. The van der Waals surface area contributed by atoms with Crippen molar-refractivity contribution < 1.29 is 9.53 Å². The third-order valence-corrected chi connectivity index (χ3v) is 3.86. The molecule has 1 atom stereocenters. The van der Waals surface area contributed by atoms with Crippen molar-refractivity contribution in [3.63, 3.8) is 0 Å². The minimum absolute atomic E-state index is 0.0412. The Hall–Kier alpha value is -1.59. The van der Waals surface area contributed by atoms with Gasteiger partial charge in [-0.05, 0) is 38.4 Å². The molecule has 1 heterocycles.